The van der Waals surface area contributed by atoms with E-state index in [-0.39, 0.29) is 0 Å². The molecular formula is C14H18BrN3. The molecule has 2 rings (SSSR count). The number of rotatable bonds is 3. The zero-order chi connectivity index (χ0) is 13.3. The van der Waals surface area contributed by atoms with Gasteiger partial charge in [-0.05, 0) is 45.4 Å². The summed E-state index contributed by atoms with van der Waals surface area (Å²) >= 11 is 3.54. The van der Waals surface area contributed by atoms with Crippen molar-refractivity contribution < 1.29 is 0 Å². The van der Waals surface area contributed by atoms with Crippen molar-refractivity contribution >= 4 is 27.6 Å². The van der Waals surface area contributed by atoms with Crippen LogP contribution < -0.4 is 5.32 Å². The van der Waals surface area contributed by atoms with Crippen molar-refractivity contribution in [3.8, 4) is 0 Å². The fourth-order valence-electron chi connectivity index (χ4n) is 1.80. The summed E-state index contributed by atoms with van der Waals surface area (Å²) in [7, 11) is 0. The Labute approximate surface area is 116 Å². The molecule has 1 aromatic heterocycles. The largest absolute Gasteiger partial charge is 0.326 e. The van der Waals surface area contributed by atoms with E-state index >= 15 is 0 Å². The molecule has 1 N–H and O–H groups in total. The predicted octanol–water partition coefficient (Wildman–Crippen LogP) is 4.59. The number of nitrogens with zero attached hydrogens (tertiary/aromatic N) is 2. The van der Waals surface area contributed by atoms with E-state index in [1.807, 2.05) is 6.92 Å². The van der Waals surface area contributed by atoms with Gasteiger partial charge in [0.1, 0.15) is 0 Å². The molecule has 0 unspecified atom stereocenters. The van der Waals surface area contributed by atoms with Crippen LogP contribution in [0.25, 0.3) is 0 Å². The van der Waals surface area contributed by atoms with Gasteiger partial charge in [-0.25, -0.2) is 4.98 Å². The minimum Gasteiger partial charge on any atom is -0.326 e. The Kier molecular flexibility index (Phi) is 3.76. The van der Waals surface area contributed by atoms with Gasteiger partial charge < -0.3 is 9.88 Å². The highest BCUT2D eigenvalue weighted by Crippen LogP contribution is 2.24. The first kappa shape index (κ1) is 13.1. The summed E-state index contributed by atoms with van der Waals surface area (Å²) in [5.74, 6) is 0.887. The van der Waals surface area contributed by atoms with E-state index < -0.39 is 0 Å². The van der Waals surface area contributed by atoms with Crippen molar-refractivity contribution in [2.75, 3.05) is 5.32 Å². The lowest BCUT2D eigenvalue weighted by molar-refractivity contribution is 0.607. The Morgan fingerprint density at radius 3 is 2.61 bits per heavy atom. The SMILES string of the molecule is Cc1cn(C(C)C)c(Nc2ccc(C)c(Br)c2)n1. The van der Waals surface area contributed by atoms with Crippen LogP contribution in [-0.4, -0.2) is 9.55 Å². The normalized spacial score (nSPS) is 11.0. The monoisotopic (exact) mass is 307 g/mol. The van der Waals surface area contributed by atoms with E-state index in [9.17, 15) is 0 Å². The second-order valence-electron chi connectivity index (χ2n) is 4.80. The van der Waals surface area contributed by atoms with Gasteiger partial charge in [0.05, 0.1) is 5.69 Å². The lowest BCUT2D eigenvalue weighted by atomic mass is 10.2. The molecule has 1 aromatic carbocycles. The number of aryl methyl sites for hydroxylation is 2. The number of halogens is 1. The molecule has 96 valence electrons. The summed E-state index contributed by atoms with van der Waals surface area (Å²) in [6.07, 6.45) is 2.07. The Hall–Kier alpha value is -1.29. The highest BCUT2D eigenvalue weighted by Gasteiger charge is 2.09. The van der Waals surface area contributed by atoms with Crippen LogP contribution in [0.1, 0.15) is 31.1 Å². The molecular weight excluding hydrogens is 290 g/mol. The highest BCUT2D eigenvalue weighted by atomic mass is 79.9. The second-order valence-corrected chi connectivity index (χ2v) is 5.65. The van der Waals surface area contributed by atoms with Crippen molar-refractivity contribution in [1.82, 2.24) is 9.55 Å². The van der Waals surface area contributed by atoms with E-state index in [0.29, 0.717) is 6.04 Å². The Morgan fingerprint density at radius 2 is 2.00 bits per heavy atom. The summed E-state index contributed by atoms with van der Waals surface area (Å²) in [6.45, 7) is 8.39. The van der Waals surface area contributed by atoms with Crippen LogP contribution in [0, 0.1) is 13.8 Å². The molecule has 0 spiro atoms. The average Bonchev–Trinajstić information content (AvgIpc) is 2.65. The maximum Gasteiger partial charge on any atom is 0.207 e. The molecule has 18 heavy (non-hydrogen) atoms. The first-order valence-corrected chi connectivity index (χ1v) is 6.85. The van der Waals surface area contributed by atoms with Crippen LogP contribution >= 0.6 is 15.9 Å². The van der Waals surface area contributed by atoms with Crippen LogP contribution in [0.4, 0.5) is 11.6 Å². The number of benzene rings is 1. The van der Waals surface area contributed by atoms with Gasteiger partial charge in [0.15, 0.2) is 0 Å². The van der Waals surface area contributed by atoms with Gasteiger partial charge in [-0.15, -0.1) is 0 Å². The lowest BCUT2D eigenvalue weighted by Gasteiger charge is -2.13. The number of aromatic nitrogens is 2. The fourth-order valence-corrected chi connectivity index (χ4v) is 2.18. The number of hydrogen-bond donors (Lipinski definition) is 1. The molecule has 0 aliphatic carbocycles. The number of nitrogens with one attached hydrogen (secondary N) is 1. The molecule has 0 atom stereocenters. The topological polar surface area (TPSA) is 29.9 Å². The Balaban J connectivity index is 2.30. The van der Waals surface area contributed by atoms with E-state index in [1.165, 1.54) is 5.56 Å². The van der Waals surface area contributed by atoms with Crippen LogP contribution in [0.5, 0.6) is 0 Å². The van der Waals surface area contributed by atoms with Gasteiger partial charge >= 0.3 is 0 Å². The highest BCUT2D eigenvalue weighted by molar-refractivity contribution is 9.10. The van der Waals surface area contributed by atoms with Gasteiger partial charge in [-0.2, -0.15) is 0 Å². The summed E-state index contributed by atoms with van der Waals surface area (Å²) in [6, 6.07) is 6.61. The minimum absolute atomic E-state index is 0.391. The zero-order valence-electron chi connectivity index (χ0n) is 11.2. The third-order valence-corrected chi connectivity index (χ3v) is 3.69. The summed E-state index contributed by atoms with van der Waals surface area (Å²) in [5.41, 5.74) is 3.29. The standard InChI is InChI=1S/C14H18BrN3/c1-9(2)18-8-11(4)16-14(18)17-12-6-5-10(3)13(15)7-12/h5-9H,1-4H3,(H,16,17). The Bertz CT molecular complexity index is 558. The molecule has 1 heterocycles. The van der Waals surface area contributed by atoms with E-state index in [2.05, 4.69) is 76.0 Å². The van der Waals surface area contributed by atoms with Crippen molar-refractivity contribution in [2.45, 2.75) is 33.7 Å². The molecule has 2 aromatic rings. The number of imidazole rings is 1. The first-order valence-electron chi connectivity index (χ1n) is 6.06. The zero-order valence-corrected chi connectivity index (χ0v) is 12.7. The molecule has 0 fully saturated rings. The van der Waals surface area contributed by atoms with Crippen LogP contribution in [-0.2, 0) is 0 Å². The third kappa shape index (κ3) is 2.75. The molecule has 0 bridgehead atoms. The molecule has 4 heteroatoms. The molecule has 0 radical (unpaired) electrons. The van der Waals surface area contributed by atoms with Crippen LogP contribution in [0.2, 0.25) is 0 Å². The van der Waals surface area contributed by atoms with E-state index in [1.54, 1.807) is 0 Å². The molecule has 0 aliphatic heterocycles. The summed E-state index contributed by atoms with van der Waals surface area (Å²) < 4.78 is 3.25. The number of hydrogen-bond acceptors (Lipinski definition) is 2. The fraction of sp³-hybridized carbons (Fsp3) is 0.357. The third-order valence-electron chi connectivity index (χ3n) is 2.84. The van der Waals surface area contributed by atoms with Crippen LogP contribution in [0.3, 0.4) is 0 Å². The van der Waals surface area contributed by atoms with Crippen LogP contribution in [0.15, 0.2) is 28.9 Å². The van der Waals surface area contributed by atoms with Gasteiger partial charge in [-0.3, -0.25) is 0 Å². The van der Waals surface area contributed by atoms with Gasteiger partial charge in [0, 0.05) is 22.4 Å². The van der Waals surface area contributed by atoms with E-state index in [0.717, 1.165) is 21.8 Å². The molecule has 0 saturated carbocycles. The van der Waals surface area contributed by atoms with Crippen molar-refractivity contribution in [3.63, 3.8) is 0 Å². The van der Waals surface area contributed by atoms with Gasteiger partial charge in [-0.1, -0.05) is 22.0 Å². The molecule has 3 nitrogen and oxygen atoms in total. The molecule has 0 amide bonds. The molecule has 0 saturated heterocycles. The molecule has 0 aliphatic rings. The van der Waals surface area contributed by atoms with Crippen molar-refractivity contribution in [3.05, 3.63) is 40.1 Å². The van der Waals surface area contributed by atoms with Crippen molar-refractivity contribution in [2.24, 2.45) is 0 Å². The first-order chi connectivity index (χ1) is 8.47. The Morgan fingerprint density at radius 1 is 1.28 bits per heavy atom. The minimum atomic E-state index is 0.391. The lowest BCUT2D eigenvalue weighted by Crippen LogP contribution is -2.05. The number of anilines is 2. The second kappa shape index (κ2) is 5.14. The smallest absolute Gasteiger partial charge is 0.207 e. The predicted molar refractivity (Wildman–Crippen MR) is 79.5 cm³/mol. The summed E-state index contributed by atoms with van der Waals surface area (Å²) in [4.78, 5) is 4.52. The maximum absolute atomic E-state index is 4.52. The quantitative estimate of drug-likeness (QED) is 0.899. The van der Waals surface area contributed by atoms with Gasteiger partial charge in [0.2, 0.25) is 5.95 Å². The van der Waals surface area contributed by atoms with E-state index in [4.69, 9.17) is 0 Å². The van der Waals surface area contributed by atoms with Crippen molar-refractivity contribution in [1.29, 1.82) is 0 Å². The maximum atomic E-state index is 4.52. The van der Waals surface area contributed by atoms with Gasteiger partial charge in [0.25, 0.3) is 0 Å². The average molecular weight is 308 g/mol. The summed E-state index contributed by atoms with van der Waals surface area (Å²) in [5, 5.41) is 3.36.